The first kappa shape index (κ1) is 15.5. The van der Waals surface area contributed by atoms with Gasteiger partial charge in [-0.15, -0.1) is 0 Å². The maximum Gasteiger partial charge on any atom is 0.336 e. The predicted octanol–water partition coefficient (Wildman–Crippen LogP) is 1.46. The van der Waals surface area contributed by atoms with E-state index in [4.69, 9.17) is 5.11 Å². The Morgan fingerprint density at radius 3 is 2.43 bits per heavy atom. The van der Waals surface area contributed by atoms with E-state index in [2.05, 4.69) is 5.32 Å². The number of aromatic carboxylic acids is 1. The molecule has 114 valence electrons. The van der Waals surface area contributed by atoms with Crippen LogP contribution in [0.1, 0.15) is 28.8 Å². The number of hydrogen-bond acceptors (Lipinski definition) is 4. The number of carbonyl (C=O) groups excluding carboxylic acids is 1. The van der Waals surface area contributed by atoms with Crippen LogP contribution in [0.15, 0.2) is 18.2 Å². The molecule has 0 aromatic heterocycles. The number of anilines is 1. The SMILES string of the molecule is Cc1ccc(NC(=O)C2CCS(=O)(=O)CC2)cc1C(=O)O. The molecule has 0 unspecified atom stereocenters. The lowest BCUT2D eigenvalue weighted by Gasteiger charge is -2.21. The van der Waals surface area contributed by atoms with E-state index in [0.717, 1.165) is 0 Å². The van der Waals surface area contributed by atoms with Gasteiger partial charge in [-0.05, 0) is 37.5 Å². The van der Waals surface area contributed by atoms with Crippen molar-refractivity contribution in [2.75, 3.05) is 16.8 Å². The number of amides is 1. The molecule has 6 nitrogen and oxygen atoms in total. The molecule has 0 radical (unpaired) electrons. The first-order valence-electron chi connectivity index (χ1n) is 6.64. The van der Waals surface area contributed by atoms with Crippen molar-refractivity contribution in [2.45, 2.75) is 19.8 Å². The number of carbonyl (C=O) groups is 2. The fourth-order valence-corrected chi connectivity index (χ4v) is 3.82. The minimum absolute atomic E-state index is 0.0271. The largest absolute Gasteiger partial charge is 0.478 e. The highest BCUT2D eigenvalue weighted by atomic mass is 32.2. The smallest absolute Gasteiger partial charge is 0.336 e. The van der Waals surface area contributed by atoms with Crippen molar-refractivity contribution in [3.8, 4) is 0 Å². The van der Waals surface area contributed by atoms with E-state index in [1.807, 2.05) is 0 Å². The van der Waals surface area contributed by atoms with Gasteiger partial charge in [0, 0.05) is 11.6 Å². The van der Waals surface area contributed by atoms with Crippen molar-refractivity contribution >= 4 is 27.4 Å². The van der Waals surface area contributed by atoms with Gasteiger partial charge in [0.1, 0.15) is 9.84 Å². The van der Waals surface area contributed by atoms with Gasteiger partial charge in [0.2, 0.25) is 5.91 Å². The fraction of sp³-hybridized carbons (Fsp3) is 0.429. The number of sulfone groups is 1. The van der Waals surface area contributed by atoms with E-state index in [1.54, 1.807) is 19.1 Å². The van der Waals surface area contributed by atoms with Crippen molar-refractivity contribution in [1.29, 1.82) is 0 Å². The van der Waals surface area contributed by atoms with E-state index in [0.29, 0.717) is 24.1 Å². The summed E-state index contributed by atoms with van der Waals surface area (Å²) < 4.78 is 22.7. The van der Waals surface area contributed by atoms with Crippen molar-refractivity contribution in [1.82, 2.24) is 0 Å². The number of carboxylic acid groups (broad SMARTS) is 1. The minimum atomic E-state index is -3.00. The second kappa shape index (κ2) is 5.85. The molecule has 0 saturated carbocycles. The van der Waals surface area contributed by atoms with Crippen molar-refractivity contribution in [3.63, 3.8) is 0 Å². The molecule has 1 fully saturated rings. The zero-order valence-electron chi connectivity index (χ0n) is 11.6. The Kier molecular flexibility index (Phi) is 4.32. The minimum Gasteiger partial charge on any atom is -0.478 e. The first-order valence-corrected chi connectivity index (χ1v) is 8.46. The van der Waals surface area contributed by atoms with Gasteiger partial charge in [-0.3, -0.25) is 4.79 Å². The predicted molar refractivity (Wildman–Crippen MR) is 78.1 cm³/mol. The number of carboxylic acids is 1. The maximum atomic E-state index is 12.1. The first-order chi connectivity index (χ1) is 9.78. The van der Waals surface area contributed by atoms with Crippen LogP contribution in [0.25, 0.3) is 0 Å². The molecule has 1 heterocycles. The molecule has 0 spiro atoms. The summed E-state index contributed by atoms with van der Waals surface area (Å²) >= 11 is 0. The normalized spacial score (nSPS) is 18.1. The number of benzene rings is 1. The van der Waals surface area contributed by atoms with E-state index in [9.17, 15) is 18.0 Å². The third kappa shape index (κ3) is 3.81. The monoisotopic (exact) mass is 311 g/mol. The second-order valence-electron chi connectivity index (χ2n) is 5.25. The summed E-state index contributed by atoms with van der Waals surface area (Å²) in [6.07, 6.45) is 0.623. The summed E-state index contributed by atoms with van der Waals surface area (Å²) in [4.78, 5) is 23.1. The Balaban J connectivity index is 2.07. The molecule has 1 aliphatic rings. The highest BCUT2D eigenvalue weighted by molar-refractivity contribution is 7.91. The summed E-state index contributed by atoms with van der Waals surface area (Å²) in [6.45, 7) is 1.68. The van der Waals surface area contributed by atoms with E-state index in [-0.39, 0.29) is 28.9 Å². The van der Waals surface area contributed by atoms with Crippen molar-refractivity contribution < 1.29 is 23.1 Å². The molecule has 0 aliphatic carbocycles. The Bertz CT molecular complexity index is 667. The van der Waals surface area contributed by atoms with Crippen LogP contribution < -0.4 is 5.32 Å². The molecule has 21 heavy (non-hydrogen) atoms. The molecule has 7 heteroatoms. The molecule has 1 amide bonds. The van der Waals surface area contributed by atoms with Gasteiger partial charge < -0.3 is 10.4 Å². The molecule has 0 bridgehead atoms. The quantitative estimate of drug-likeness (QED) is 0.880. The Morgan fingerprint density at radius 1 is 1.24 bits per heavy atom. The van der Waals surface area contributed by atoms with Gasteiger partial charge in [0.25, 0.3) is 0 Å². The number of rotatable bonds is 3. The zero-order valence-corrected chi connectivity index (χ0v) is 12.4. The Hall–Kier alpha value is -1.89. The topological polar surface area (TPSA) is 101 Å². The van der Waals surface area contributed by atoms with Crippen LogP contribution in [-0.4, -0.2) is 36.9 Å². The van der Waals surface area contributed by atoms with Crippen molar-refractivity contribution in [2.24, 2.45) is 5.92 Å². The van der Waals surface area contributed by atoms with Gasteiger partial charge in [-0.1, -0.05) is 6.07 Å². The third-order valence-electron chi connectivity index (χ3n) is 3.66. The van der Waals surface area contributed by atoms with Crippen LogP contribution in [0.4, 0.5) is 5.69 Å². The van der Waals surface area contributed by atoms with Crippen molar-refractivity contribution in [3.05, 3.63) is 29.3 Å². The van der Waals surface area contributed by atoms with Gasteiger partial charge in [-0.2, -0.15) is 0 Å². The van der Waals surface area contributed by atoms with Crippen LogP contribution >= 0.6 is 0 Å². The van der Waals surface area contributed by atoms with Crippen LogP contribution in [-0.2, 0) is 14.6 Å². The fourth-order valence-electron chi connectivity index (χ4n) is 2.33. The van der Waals surface area contributed by atoms with Gasteiger partial charge in [0.05, 0.1) is 17.1 Å². The standard InChI is InChI=1S/C14H17NO5S/c1-9-2-3-11(8-12(9)14(17)18)15-13(16)10-4-6-21(19,20)7-5-10/h2-3,8,10H,4-7H2,1H3,(H,15,16)(H,17,18). The highest BCUT2D eigenvalue weighted by Gasteiger charge is 2.28. The van der Waals surface area contributed by atoms with Crippen LogP contribution in [0.2, 0.25) is 0 Å². The summed E-state index contributed by atoms with van der Waals surface area (Å²) in [6, 6.07) is 4.68. The van der Waals surface area contributed by atoms with Gasteiger partial charge in [-0.25, -0.2) is 13.2 Å². The van der Waals surface area contributed by atoms with Gasteiger partial charge >= 0.3 is 5.97 Å². The number of aryl methyl sites for hydroxylation is 1. The number of hydrogen-bond donors (Lipinski definition) is 2. The lowest BCUT2D eigenvalue weighted by Crippen LogP contribution is -2.31. The molecule has 2 N–H and O–H groups in total. The lowest BCUT2D eigenvalue weighted by atomic mass is 10.0. The average molecular weight is 311 g/mol. The average Bonchev–Trinajstić information content (AvgIpc) is 2.40. The molecular formula is C14H17NO5S. The van der Waals surface area contributed by atoms with Crippen LogP contribution in [0.5, 0.6) is 0 Å². The highest BCUT2D eigenvalue weighted by Crippen LogP contribution is 2.22. The Labute approximate surface area is 123 Å². The third-order valence-corrected chi connectivity index (χ3v) is 5.38. The van der Waals surface area contributed by atoms with Gasteiger partial charge in [0.15, 0.2) is 0 Å². The molecular weight excluding hydrogens is 294 g/mol. The van der Waals surface area contributed by atoms with Crippen LogP contribution in [0.3, 0.4) is 0 Å². The summed E-state index contributed by atoms with van der Waals surface area (Å²) in [5.41, 5.74) is 1.17. The van der Waals surface area contributed by atoms with E-state index >= 15 is 0 Å². The maximum absolute atomic E-state index is 12.1. The zero-order chi connectivity index (χ0) is 15.6. The second-order valence-corrected chi connectivity index (χ2v) is 7.55. The molecule has 2 rings (SSSR count). The summed E-state index contributed by atoms with van der Waals surface area (Å²) in [7, 11) is -3.00. The molecule has 1 aromatic carbocycles. The number of nitrogens with one attached hydrogen (secondary N) is 1. The molecule has 1 saturated heterocycles. The van der Waals surface area contributed by atoms with E-state index < -0.39 is 15.8 Å². The van der Waals surface area contributed by atoms with E-state index in [1.165, 1.54) is 6.07 Å². The van der Waals surface area contributed by atoms with Crippen LogP contribution in [0, 0.1) is 12.8 Å². The molecule has 1 aliphatic heterocycles. The summed E-state index contributed by atoms with van der Waals surface area (Å²) in [5.74, 6) is -1.60. The Morgan fingerprint density at radius 2 is 1.86 bits per heavy atom. The molecule has 1 aromatic rings. The lowest BCUT2D eigenvalue weighted by molar-refractivity contribution is -0.120. The summed E-state index contributed by atoms with van der Waals surface area (Å²) in [5, 5.41) is 11.7. The molecule has 0 atom stereocenters.